The molecule has 1 atom stereocenters. The van der Waals surface area contributed by atoms with Gasteiger partial charge in [0.2, 0.25) is 0 Å². The van der Waals surface area contributed by atoms with Crippen LogP contribution in [-0.2, 0) is 7.05 Å². The third kappa shape index (κ3) is 2.69. The zero-order valence-electron chi connectivity index (χ0n) is 15.1. The van der Waals surface area contributed by atoms with Gasteiger partial charge in [-0.25, -0.2) is 9.97 Å². The highest BCUT2D eigenvalue weighted by molar-refractivity contribution is 5.88. The predicted octanol–water partition coefficient (Wildman–Crippen LogP) is 2.94. The Hall–Kier alpha value is -3.29. The summed E-state index contributed by atoms with van der Waals surface area (Å²) in [5.41, 5.74) is 4.87. The van der Waals surface area contributed by atoms with Crippen molar-refractivity contribution in [3.63, 3.8) is 0 Å². The average molecular weight is 348 g/mol. The van der Waals surface area contributed by atoms with E-state index in [0.29, 0.717) is 5.82 Å². The number of hydrogen-bond donors (Lipinski definition) is 2. The van der Waals surface area contributed by atoms with Gasteiger partial charge in [-0.2, -0.15) is 10.2 Å². The van der Waals surface area contributed by atoms with E-state index >= 15 is 0 Å². The number of anilines is 1. The Morgan fingerprint density at radius 3 is 2.62 bits per heavy atom. The molecule has 8 nitrogen and oxygen atoms in total. The second kappa shape index (κ2) is 6.21. The minimum Gasteiger partial charge on any atom is -0.363 e. The molecular formula is C18H20N8. The van der Waals surface area contributed by atoms with Crippen LogP contribution in [0.3, 0.4) is 0 Å². The zero-order chi connectivity index (χ0) is 18.3. The second-order valence-electron chi connectivity index (χ2n) is 6.35. The van der Waals surface area contributed by atoms with E-state index in [1.54, 1.807) is 23.3 Å². The summed E-state index contributed by atoms with van der Waals surface area (Å²) in [5.74, 6) is 1.39. The second-order valence-corrected chi connectivity index (χ2v) is 6.35. The molecule has 2 N–H and O–H groups in total. The van der Waals surface area contributed by atoms with Crippen LogP contribution in [0, 0.1) is 13.8 Å². The van der Waals surface area contributed by atoms with Gasteiger partial charge in [-0.1, -0.05) is 0 Å². The van der Waals surface area contributed by atoms with Gasteiger partial charge in [0, 0.05) is 36.3 Å². The molecule has 0 unspecified atom stereocenters. The summed E-state index contributed by atoms with van der Waals surface area (Å²) >= 11 is 0. The SMILES string of the molecule is Cc1n[nH]c(C)c1[C@@H](C)Nc1nc(-c2ccncc2)nc2c1cnn2C. The summed E-state index contributed by atoms with van der Waals surface area (Å²) in [6.45, 7) is 6.12. The molecule has 4 rings (SSSR count). The van der Waals surface area contributed by atoms with Gasteiger partial charge in [-0.05, 0) is 32.9 Å². The van der Waals surface area contributed by atoms with Crippen LogP contribution in [0.2, 0.25) is 0 Å². The maximum Gasteiger partial charge on any atom is 0.164 e. The van der Waals surface area contributed by atoms with Gasteiger partial charge >= 0.3 is 0 Å². The smallest absolute Gasteiger partial charge is 0.164 e. The Kier molecular flexibility index (Phi) is 3.87. The minimum atomic E-state index is 0.0392. The number of pyridine rings is 1. The molecule has 0 amide bonds. The highest BCUT2D eigenvalue weighted by Gasteiger charge is 2.18. The van der Waals surface area contributed by atoms with Crippen molar-refractivity contribution in [2.45, 2.75) is 26.8 Å². The molecule has 26 heavy (non-hydrogen) atoms. The Balaban J connectivity index is 1.81. The third-order valence-electron chi connectivity index (χ3n) is 4.50. The average Bonchev–Trinajstić information content (AvgIpc) is 3.18. The molecule has 0 saturated heterocycles. The maximum atomic E-state index is 4.76. The predicted molar refractivity (Wildman–Crippen MR) is 99.6 cm³/mol. The van der Waals surface area contributed by atoms with Gasteiger partial charge in [0.15, 0.2) is 11.5 Å². The number of nitrogens with zero attached hydrogens (tertiary/aromatic N) is 6. The fraction of sp³-hybridized carbons (Fsp3) is 0.278. The Morgan fingerprint density at radius 1 is 1.15 bits per heavy atom. The first-order chi connectivity index (χ1) is 12.5. The van der Waals surface area contributed by atoms with Crippen molar-refractivity contribution >= 4 is 16.9 Å². The normalized spacial score (nSPS) is 12.5. The quantitative estimate of drug-likeness (QED) is 0.588. The Morgan fingerprint density at radius 2 is 1.92 bits per heavy atom. The lowest BCUT2D eigenvalue weighted by Gasteiger charge is -2.16. The molecule has 4 aromatic rings. The monoisotopic (exact) mass is 348 g/mol. The maximum absolute atomic E-state index is 4.76. The molecule has 132 valence electrons. The molecule has 0 radical (unpaired) electrons. The lowest BCUT2D eigenvalue weighted by molar-refractivity contribution is 0.785. The first kappa shape index (κ1) is 16.2. The number of fused-ring (bicyclic) bond motifs is 1. The molecule has 0 aliphatic heterocycles. The number of hydrogen-bond acceptors (Lipinski definition) is 6. The van der Waals surface area contributed by atoms with E-state index in [1.807, 2.05) is 33.0 Å². The van der Waals surface area contributed by atoms with Crippen molar-refractivity contribution in [2.24, 2.45) is 7.05 Å². The van der Waals surface area contributed by atoms with Crippen molar-refractivity contribution in [1.29, 1.82) is 0 Å². The first-order valence-corrected chi connectivity index (χ1v) is 8.42. The van der Waals surface area contributed by atoms with Gasteiger partial charge in [-0.15, -0.1) is 0 Å². The van der Waals surface area contributed by atoms with Crippen LogP contribution in [0.1, 0.15) is 29.9 Å². The van der Waals surface area contributed by atoms with Gasteiger partial charge in [0.05, 0.1) is 23.3 Å². The Bertz CT molecular complexity index is 1040. The number of nitrogens with one attached hydrogen (secondary N) is 2. The summed E-state index contributed by atoms with van der Waals surface area (Å²) in [6.07, 6.45) is 5.26. The minimum absolute atomic E-state index is 0.0392. The van der Waals surface area contributed by atoms with E-state index in [0.717, 1.165) is 39.4 Å². The van der Waals surface area contributed by atoms with E-state index in [1.165, 1.54) is 0 Å². The molecule has 4 aromatic heterocycles. The number of rotatable bonds is 4. The first-order valence-electron chi connectivity index (χ1n) is 8.42. The standard InChI is InChI=1S/C18H20N8/c1-10(15-11(2)24-25-12(15)3)21-17-14-9-20-26(4)18(14)23-16(22-17)13-5-7-19-8-6-13/h5-10H,1-4H3,(H,24,25)(H,21,22,23)/t10-/m1/s1. The van der Waals surface area contributed by atoms with Crippen LogP contribution in [0.15, 0.2) is 30.7 Å². The van der Waals surface area contributed by atoms with E-state index < -0.39 is 0 Å². The molecule has 0 aliphatic rings. The fourth-order valence-corrected chi connectivity index (χ4v) is 3.24. The van der Waals surface area contributed by atoms with Crippen molar-refractivity contribution < 1.29 is 0 Å². The molecule has 0 fully saturated rings. The number of aromatic nitrogens is 7. The van der Waals surface area contributed by atoms with E-state index in [-0.39, 0.29) is 6.04 Å². The summed E-state index contributed by atoms with van der Waals surface area (Å²) in [4.78, 5) is 13.5. The van der Waals surface area contributed by atoms with Crippen LogP contribution < -0.4 is 5.32 Å². The lowest BCUT2D eigenvalue weighted by Crippen LogP contribution is -2.11. The summed E-state index contributed by atoms with van der Waals surface area (Å²) < 4.78 is 1.76. The third-order valence-corrected chi connectivity index (χ3v) is 4.50. The molecule has 8 heteroatoms. The van der Waals surface area contributed by atoms with Crippen LogP contribution in [-0.4, -0.2) is 34.9 Å². The molecule has 0 spiro atoms. The highest BCUT2D eigenvalue weighted by Crippen LogP contribution is 2.29. The topological polar surface area (TPSA) is 97.2 Å². The van der Waals surface area contributed by atoms with E-state index in [2.05, 4.69) is 37.5 Å². The largest absolute Gasteiger partial charge is 0.363 e. The summed E-state index contributed by atoms with van der Waals surface area (Å²) in [6, 6.07) is 3.84. The lowest BCUT2D eigenvalue weighted by atomic mass is 10.1. The molecule has 0 bridgehead atoms. The molecule has 4 heterocycles. The van der Waals surface area contributed by atoms with Crippen molar-refractivity contribution in [2.75, 3.05) is 5.32 Å². The van der Waals surface area contributed by atoms with Gasteiger partial charge < -0.3 is 5.32 Å². The van der Waals surface area contributed by atoms with E-state index in [9.17, 15) is 0 Å². The summed E-state index contributed by atoms with van der Waals surface area (Å²) in [7, 11) is 1.88. The van der Waals surface area contributed by atoms with Crippen LogP contribution in [0.5, 0.6) is 0 Å². The zero-order valence-corrected chi connectivity index (χ0v) is 15.1. The van der Waals surface area contributed by atoms with Gasteiger partial charge in [-0.3, -0.25) is 14.8 Å². The molecule has 0 aliphatic carbocycles. The van der Waals surface area contributed by atoms with Crippen LogP contribution >= 0.6 is 0 Å². The van der Waals surface area contributed by atoms with Gasteiger partial charge in [0.25, 0.3) is 0 Å². The number of aromatic amines is 1. The van der Waals surface area contributed by atoms with Crippen LogP contribution in [0.4, 0.5) is 5.82 Å². The Labute approximate surface area is 150 Å². The molecular weight excluding hydrogens is 328 g/mol. The number of H-pyrrole nitrogens is 1. The van der Waals surface area contributed by atoms with Crippen molar-refractivity contribution in [1.82, 2.24) is 34.9 Å². The molecule has 0 aromatic carbocycles. The fourth-order valence-electron chi connectivity index (χ4n) is 3.24. The molecule has 0 saturated carbocycles. The van der Waals surface area contributed by atoms with Gasteiger partial charge in [0.1, 0.15) is 5.82 Å². The highest BCUT2D eigenvalue weighted by atomic mass is 15.3. The van der Waals surface area contributed by atoms with Crippen molar-refractivity contribution in [3.8, 4) is 11.4 Å². The summed E-state index contributed by atoms with van der Waals surface area (Å²) in [5, 5.41) is 16.1. The number of aryl methyl sites for hydroxylation is 3. The van der Waals surface area contributed by atoms with Crippen molar-refractivity contribution in [3.05, 3.63) is 47.7 Å². The van der Waals surface area contributed by atoms with Crippen LogP contribution in [0.25, 0.3) is 22.4 Å². The van der Waals surface area contributed by atoms with E-state index in [4.69, 9.17) is 4.98 Å².